The number of rotatable bonds is 2. The third-order valence-corrected chi connectivity index (χ3v) is 6.64. The minimum absolute atomic E-state index is 0.157. The van der Waals surface area contributed by atoms with Crippen molar-refractivity contribution in [3.8, 4) is 11.1 Å². The van der Waals surface area contributed by atoms with Crippen LogP contribution in [-0.2, 0) is 0 Å². The van der Waals surface area contributed by atoms with Crippen LogP contribution in [0.5, 0.6) is 0 Å². The molecule has 3 aliphatic rings. The van der Waals surface area contributed by atoms with Gasteiger partial charge in [-0.1, -0.05) is 42.5 Å². The highest BCUT2D eigenvalue weighted by molar-refractivity contribution is 8.03. The van der Waals surface area contributed by atoms with Gasteiger partial charge in [0.05, 0.1) is 5.70 Å². The zero-order valence-corrected chi connectivity index (χ0v) is 15.4. The zero-order valence-electron chi connectivity index (χ0n) is 14.5. The van der Waals surface area contributed by atoms with Gasteiger partial charge in [0, 0.05) is 27.9 Å². The molecule has 0 spiro atoms. The van der Waals surface area contributed by atoms with E-state index in [1.165, 1.54) is 33.9 Å². The van der Waals surface area contributed by atoms with Crippen LogP contribution in [0.2, 0.25) is 0 Å². The normalized spacial score (nSPS) is 21.8. The van der Waals surface area contributed by atoms with Gasteiger partial charge in [-0.3, -0.25) is 4.99 Å². The maximum atomic E-state index is 14.6. The molecule has 2 aliphatic heterocycles. The first-order chi connectivity index (χ1) is 12.8. The maximum absolute atomic E-state index is 14.6. The first-order valence-electron chi connectivity index (χ1n) is 9.30. The highest BCUT2D eigenvalue weighted by Gasteiger charge is 2.34. The highest BCUT2D eigenvalue weighted by Crippen LogP contribution is 2.50. The van der Waals surface area contributed by atoms with Crippen LogP contribution in [0.4, 0.5) is 4.39 Å². The lowest BCUT2D eigenvalue weighted by atomic mass is 9.80. The van der Waals surface area contributed by atoms with E-state index in [-0.39, 0.29) is 11.7 Å². The molecule has 0 amide bonds. The van der Waals surface area contributed by atoms with Crippen LogP contribution in [0.15, 0.2) is 75.8 Å². The van der Waals surface area contributed by atoms with Crippen molar-refractivity contribution in [2.75, 3.05) is 5.75 Å². The van der Waals surface area contributed by atoms with Gasteiger partial charge >= 0.3 is 0 Å². The highest BCUT2D eigenvalue weighted by atomic mass is 32.2. The molecule has 2 aromatic carbocycles. The molecule has 1 unspecified atom stereocenters. The Morgan fingerprint density at radius 3 is 2.81 bits per heavy atom. The molecule has 2 aromatic rings. The summed E-state index contributed by atoms with van der Waals surface area (Å²) in [5.41, 5.74) is 6.69. The van der Waals surface area contributed by atoms with Crippen LogP contribution >= 0.6 is 11.8 Å². The van der Waals surface area contributed by atoms with Gasteiger partial charge in [-0.15, -0.1) is 11.8 Å². The van der Waals surface area contributed by atoms with Gasteiger partial charge in [0.1, 0.15) is 5.82 Å². The van der Waals surface area contributed by atoms with Crippen molar-refractivity contribution in [2.45, 2.75) is 31.6 Å². The second-order valence-electron chi connectivity index (χ2n) is 7.06. The molecule has 0 saturated heterocycles. The summed E-state index contributed by atoms with van der Waals surface area (Å²) in [5.74, 6) is 1.18. The summed E-state index contributed by atoms with van der Waals surface area (Å²) >= 11 is 1.93. The van der Waals surface area contributed by atoms with Crippen molar-refractivity contribution in [1.82, 2.24) is 0 Å². The molecular formula is C23H20FNS. The third-order valence-electron chi connectivity index (χ3n) is 5.45. The fourth-order valence-corrected chi connectivity index (χ4v) is 5.48. The minimum Gasteiger partial charge on any atom is -0.257 e. The maximum Gasteiger partial charge on any atom is 0.131 e. The molecule has 26 heavy (non-hydrogen) atoms. The number of thioether (sulfide) groups is 1. The Morgan fingerprint density at radius 1 is 1.04 bits per heavy atom. The van der Waals surface area contributed by atoms with Gasteiger partial charge in [-0.2, -0.15) is 0 Å². The van der Waals surface area contributed by atoms with E-state index >= 15 is 0 Å². The van der Waals surface area contributed by atoms with E-state index < -0.39 is 0 Å². The quantitative estimate of drug-likeness (QED) is 0.595. The fourth-order valence-electron chi connectivity index (χ4n) is 4.22. The second kappa shape index (κ2) is 6.55. The Hall–Kier alpha value is -2.13. The first-order valence-corrected chi connectivity index (χ1v) is 10.3. The molecule has 5 rings (SSSR count). The molecule has 0 aromatic heterocycles. The lowest BCUT2D eigenvalue weighted by molar-refractivity contribution is 0.630. The van der Waals surface area contributed by atoms with E-state index in [1.54, 1.807) is 6.07 Å². The van der Waals surface area contributed by atoms with Crippen molar-refractivity contribution in [3.63, 3.8) is 0 Å². The SMILES string of the molecule is Fc1ccc(C2C3=CCCCC3=NC3=C2SCC3)cc1-c1ccccc1. The van der Waals surface area contributed by atoms with Crippen molar-refractivity contribution in [1.29, 1.82) is 0 Å². The van der Waals surface area contributed by atoms with Crippen LogP contribution in [0, 0.1) is 5.82 Å². The monoisotopic (exact) mass is 361 g/mol. The Kier molecular flexibility index (Phi) is 4.05. The third kappa shape index (κ3) is 2.66. The minimum atomic E-state index is -0.157. The van der Waals surface area contributed by atoms with Gasteiger partial charge in [-0.05, 0) is 54.5 Å². The van der Waals surface area contributed by atoms with Gasteiger partial charge in [0.2, 0.25) is 0 Å². The molecule has 0 bridgehead atoms. The second-order valence-corrected chi connectivity index (χ2v) is 8.19. The first kappa shape index (κ1) is 16.1. The topological polar surface area (TPSA) is 12.4 Å². The van der Waals surface area contributed by atoms with E-state index in [4.69, 9.17) is 4.99 Å². The molecule has 0 saturated carbocycles. The van der Waals surface area contributed by atoms with Crippen molar-refractivity contribution in [3.05, 3.63) is 82.2 Å². The van der Waals surface area contributed by atoms with Crippen LogP contribution in [0.3, 0.4) is 0 Å². The molecule has 1 nitrogen and oxygen atoms in total. The van der Waals surface area contributed by atoms with Gasteiger partial charge < -0.3 is 0 Å². The van der Waals surface area contributed by atoms with E-state index in [0.717, 1.165) is 30.6 Å². The summed E-state index contributed by atoms with van der Waals surface area (Å²) < 4.78 is 14.6. The number of halogens is 1. The largest absolute Gasteiger partial charge is 0.257 e. The number of benzene rings is 2. The summed E-state index contributed by atoms with van der Waals surface area (Å²) in [4.78, 5) is 6.35. The van der Waals surface area contributed by atoms with Crippen molar-refractivity contribution in [2.24, 2.45) is 4.99 Å². The summed E-state index contributed by atoms with van der Waals surface area (Å²) in [6, 6.07) is 15.5. The number of hydrogen-bond acceptors (Lipinski definition) is 2. The Morgan fingerprint density at radius 2 is 1.92 bits per heavy atom. The summed E-state index contributed by atoms with van der Waals surface area (Å²) in [6.45, 7) is 0. The lowest BCUT2D eigenvalue weighted by Gasteiger charge is -2.30. The summed E-state index contributed by atoms with van der Waals surface area (Å²) in [6.07, 6.45) is 6.78. The van der Waals surface area contributed by atoms with Crippen molar-refractivity contribution >= 4 is 17.5 Å². The molecule has 1 aliphatic carbocycles. The standard InChI is InChI=1S/C23H20FNS/c24-19-11-10-16(14-18(19)15-6-2-1-3-7-15)22-17-8-4-5-9-20(17)25-21-12-13-26-23(21)22/h1-3,6-8,10-11,14,22H,4-5,9,12-13H2. The van der Waals surface area contributed by atoms with E-state index in [1.807, 2.05) is 48.2 Å². The van der Waals surface area contributed by atoms with Gasteiger partial charge in [-0.25, -0.2) is 4.39 Å². The number of aliphatic imine (C=N–C) groups is 1. The number of allylic oxidation sites excluding steroid dienone is 4. The molecule has 2 heterocycles. The smallest absolute Gasteiger partial charge is 0.131 e. The summed E-state index contributed by atoms with van der Waals surface area (Å²) in [5, 5.41) is 0. The number of hydrogen-bond donors (Lipinski definition) is 0. The Balaban J connectivity index is 1.65. The van der Waals surface area contributed by atoms with Crippen LogP contribution in [-0.4, -0.2) is 11.5 Å². The van der Waals surface area contributed by atoms with Crippen LogP contribution in [0.25, 0.3) is 11.1 Å². The molecule has 1 atom stereocenters. The zero-order chi connectivity index (χ0) is 17.5. The Labute approximate surface area is 157 Å². The number of nitrogens with zero attached hydrogens (tertiary/aromatic N) is 1. The molecule has 0 radical (unpaired) electrons. The van der Waals surface area contributed by atoms with Gasteiger partial charge in [0.25, 0.3) is 0 Å². The molecule has 0 N–H and O–H groups in total. The van der Waals surface area contributed by atoms with E-state index in [2.05, 4.69) is 12.1 Å². The number of fused-ring (bicyclic) bond motifs is 1. The van der Waals surface area contributed by atoms with Crippen molar-refractivity contribution < 1.29 is 4.39 Å². The summed E-state index contributed by atoms with van der Waals surface area (Å²) in [7, 11) is 0. The Bertz CT molecular complexity index is 955. The molecular weight excluding hydrogens is 341 g/mol. The van der Waals surface area contributed by atoms with E-state index in [9.17, 15) is 4.39 Å². The predicted octanol–water partition coefficient (Wildman–Crippen LogP) is 6.49. The predicted molar refractivity (Wildman–Crippen MR) is 108 cm³/mol. The average Bonchev–Trinajstić information content (AvgIpc) is 3.15. The van der Waals surface area contributed by atoms with Gasteiger partial charge in [0.15, 0.2) is 0 Å². The molecule has 0 fully saturated rings. The molecule has 3 heteroatoms. The average molecular weight is 361 g/mol. The van der Waals surface area contributed by atoms with Crippen LogP contribution in [0.1, 0.15) is 37.2 Å². The lowest BCUT2D eigenvalue weighted by Crippen LogP contribution is -2.20. The van der Waals surface area contributed by atoms with Crippen LogP contribution < -0.4 is 0 Å². The molecule has 130 valence electrons. The fraction of sp³-hybridized carbons (Fsp3) is 0.261. The van der Waals surface area contributed by atoms with E-state index in [0.29, 0.717) is 5.56 Å².